The van der Waals surface area contributed by atoms with Crippen LogP contribution in [-0.2, 0) is 0 Å². The number of amides is 2. The first-order valence-corrected chi connectivity index (χ1v) is 13.6. The van der Waals surface area contributed by atoms with Crippen LogP contribution in [0.3, 0.4) is 0 Å². The summed E-state index contributed by atoms with van der Waals surface area (Å²) >= 11 is 5.98. The fourth-order valence-corrected chi connectivity index (χ4v) is 5.73. The Hall–Kier alpha value is -2.64. The molecule has 8 heteroatoms. The molecule has 7 nitrogen and oxygen atoms in total. The van der Waals surface area contributed by atoms with Gasteiger partial charge in [0.25, 0.3) is 11.8 Å². The summed E-state index contributed by atoms with van der Waals surface area (Å²) in [6.45, 7) is 8.72. The van der Waals surface area contributed by atoms with Crippen molar-refractivity contribution in [2.24, 2.45) is 0 Å². The van der Waals surface area contributed by atoms with E-state index in [4.69, 9.17) is 16.6 Å². The first kappa shape index (κ1) is 25.0. The van der Waals surface area contributed by atoms with Crippen LogP contribution >= 0.6 is 11.6 Å². The zero-order chi connectivity index (χ0) is 25.2. The number of carbonyl (C=O) groups excluding carboxylic acids is 2. The first-order valence-electron chi connectivity index (χ1n) is 13.3. The minimum atomic E-state index is -0.0169. The van der Waals surface area contributed by atoms with E-state index in [2.05, 4.69) is 29.0 Å². The Bertz CT molecular complexity index is 1100. The van der Waals surface area contributed by atoms with Gasteiger partial charge < -0.3 is 15.1 Å². The number of piperazine rings is 1. The summed E-state index contributed by atoms with van der Waals surface area (Å²) in [7, 11) is 0. The van der Waals surface area contributed by atoms with Crippen LogP contribution < -0.4 is 10.2 Å². The molecule has 0 radical (unpaired) electrons. The number of anilines is 1. The van der Waals surface area contributed by atoms with Crippen LogP contribution in [-0.4, -0.2) is 77.4 Å². The van der Waals surface area contributed by atoms with Crippen molar-refractivity contribution in [2.75, 3.05) is 37.6 Å². The Morgan fingerprint density at radius 2 is 1.75 bits per heavy atom. The van der Waals surface area contributed by atoms with E-state index in [0.717, 1.165) is 76.2 Å². The molecule has 1 N–H and O–H groups in total. The predicted octanol–water partition coefficient (Wildman–Crippen LogP) is 4.14. The standard InChI is InChI=1S/C28H36ClN5O2/c1-3-24-18-33(26-19(2)16-21(17-30-26)27(35)31-23-8-9-23)14-15-34(24)25-10-12-32(13-11-25)28(36)20-4-6-22(29)7-5-20/h4-7,16-17,23-25H,3,8-15,18H2,1-2H3,(H,31,35)/t24-/m0/s1. The molecule has 0 bridgehead atoms. The zero-order valence-electron chi connectivity index (χ0n) is 21.3. The largest absolute Gasteiger partial charge is 0.354 e. The molecule has 3 heterocycles. The molecule has 5 rings (SSSR count). The third-order valence-corrected chi connectivity index (χ3v) is 8.09. The second-order valence-electron chi connectivity index (χ2n) is 10.4. The van der Waals surface area contributed by atoms with Crippen LogP contribution in [0, 0.1) is 6.92 Å². The van der Waals surface area contributed by atoms with Gasteiger partial charge in [-0.2, -0.15) is 0 Å². The third kappa shape index (κ3) is 5.52. The number of nitrogens with zero attached hydrogens (tertiary/aromatic N) is 4. The highest BCUT2D eigenvalue weighted by molar-refractivity contribution is 6.30. The summed E-state index contributed by atoms with van der Waals surface area (Å²) in [5.41, 5.74) is 2.40. The molecule has 1 saturated carbocycles. The van der Waals surface area contributed by atoms with Gasteiger partial charge in [0.05, 0.1) is 5.56 Å². The molecule has 0 spiro atoms. The van der Waals surface area contributed by atoms with Gasteiger partial charge in [0.1, 0.15) is 5.82 Å². The molecular formula is C28H36ClN5O2. The Kier molecular flexibility index (Phi) is 7.49. The molecule has 2 aliphatic heterocycles. The van der Waals surface area contributed by atoms with E-state index in [-0.39, 0.29) is 11.8 Å². The van der Waals surface area contributed by atoms with Gasteiger partial charge >= 0.3 is 0 Å². The van der Waals surface area contributed by atoms with E-state index in [9.17, 15) is 9.59 Å². The Morgan fingerprint density at radius 3 is 2.39 bits per heavy atom. The van der Waals surface area contributed by atoms with Crippen molar-refractivity contribution >= 4 is 29.2 Å². The number of likely N-dealkylation sites (tertiary alicyclic amines) is 1. The lowest BCUT2D eigenvalue weighted by molar-refractivity contribution is 0.0490. The normalized spacial score (nSPS) is 21.5. The molecule has 2 amide bonds. The molecule has 1 aromatic carbocycles. The number of halogens is 1. The van der Waals surface area contributed by atoms with Gasteiger partial charge in [-0.15, -0.1) is 0 Å². The van der Waals surface area contributed by atoms with Crippen LogP contribution in [0.2, 0.25) is 5.02 Å². The van der Waals surface area contributed by atoms with Crippen LogP contribution in [0.25, 0.3) is 0 Å². The number of hydrogen-bond donors (Lipinski definition) is 1. The molecular weight excluding hydrogens is 474 g/mol. The lowest BCUT2D eigenvalue weighted by Crippen LogP contribution is -2.58. The molecule has 1 atom stereocenters. The number of aryl methyl sites for hydroxylation is 1. The number of aromatic nitrogens is 1. The monoisotopic (exact) mass is 509 g/mol. The number of piperidine rings is 1. The topological polar surface area (TPSA) is 68.8 Å². The maximum absolute atomic E-state index is 12.9. The van der Waals surface area contributed by atoms with Gasteiger partial charge in [0.2, 0.25) is 0 Å². The van der Waals surface area contributed by atoms with Crippen molar-refractivity contribution in [2.45, 2.75) is 64.1 Å². The summed E-state index contributed by atoms with van der Waals surface area (Å²) in [4.78, 5) is 37.0. The Balaban J connectivity index is 1.18. The fourth-order valence-electron chi connectivity index (χ4n) is 5.60. The Morgan fingerprint density at radius 1 is 1.03 bits per heavy atom. The molecule has 3 fully saturated rings. The van der Waals surface area contributed by atoms with Crippen LogP contribution in [0.4, 0.5) is 5.82 Å². The van der Waals surface area contributed by atoms with E-state index in [1.165, 1.54) is 0 Å². The lowest BCUT2D eigenvalue weighted by atomic mass is 9.97. The minimum absolute atomic E-state index is 0.0169. The SMILES string of the molecule is CC[C@H]1CN(c2ncc(C(=O)NC3CC3)cc2C)CCN1C1CCN(C(=O)c2ccc(Cl)cc2)CC1. The highest BCUT2D eigenvalue weighted by Gasteiger charge is 2.35. The van der Waals surface area contributed by atoms with Gasteiger partial charge in [0, 0.05) is 67.6 Å². The summed E-state index contributed by atoms with van der Waals surface area (Å²) in [6, 6.07) is 10.4. The van der Waals surface area contributed by atoms with E-state index in [1.54, 1.807) is 18.3 Å². The fraction of sp³-hybridized carbons (Fsp3) is 0.536. The molecule has 0 unspecified atom stereocenters. The van der Waals surface area contributed by atoms with Crippen LogP contribution in [0.5, 0.6) is 0 Å². The minimum Gasteiger partial charge on any atom is -0.354 e. The van der Waals surface area contributed by atoms with E-state index < -0.39 is 0 Å². The van der Waals surface area contributed by atoms with Crippen molar-refractivity contribution in [3.8, 4) is 0 Å². The molecule has 2 saturated heterocycles. The van der Waals surface area contributed by atoms with Gasteiger partial charge in [-0.05, 0) is 74.9 Å². The summed E-state index contributed by atoms with van der Waals surface area (Å²) in [6.07, 6.45) is 6.95. The molecule has 3 aliphatic rings. The maximum atomic E-state index is 12.9. The van der Waals surface area contributed by atoms with Crippen LogP contribution in [0.1, 0.15) is 65.3 Å². The van der Waals surface area contributed by atoms with Crippen molar-refractivity contribution in [1.82, 2.24) is 20.1 Å². The summed E-state index contributed by atoms with van der Waals surface area (Å²) < 4.78 is 0. The molecule has 2 aromatic rings. The van der Waals surface area contributed by atoms with Gasteiger partial charge in [0.15, 0.2) is 0 Å². The van der Waals surface area contributed by atoms with Gasteiger partial charge in [-0.25, -0.2) is 4.98 Å². The number of pyridine rings is 1. The van der Waals surface area contributed by atoms with Crippen molar-refractivity contribution in [3.63, 3.8) is 0 Å². The number of carbonyl (C=O) groups is 2. The van der Waals surface area contributed by atoms with E-state index in [1.807, 2.05) is 23.1 Å². The van der Waals surface area contributed by atoms with Crippen molar-refractivity contribution < 1.29 is 9.59 Å². The highest BCUT2D eigenvalue weighted by Crippen LogP contribution is 2.28. The molecule has 1 aromatic heterocycles. The Labute approximate surface area is 218 Å². The van der Waals surface area contributed by atoms with Crippen molar-refractivity contribution in [1.29, 1.82) is 0 Å². The smallest absolute Gasteiger partial charge is 0.253 e. The zero-order valence-corrected chi connectivity index (χ0v) is 22.0. The highest BCUT2D eigenvalue weighted by atomic mass is 35.5. The van der Waals surface area contributed by atoms with Crippen molar-refractivity contribution in [3.05, 3.63) is 58.2 Å². The quantitative estimate of drug-likeness (QED) is 0.633. The second kappa shape index (κ2) is 10.8. The number of rotatable bonds is 6. The predicted molar refractivity (Wildman–Crippen MR) is 143 cm³/mol. The molecule has 192 valence electrons. The van der Waals surface area contributed by atoms with Crippen LogP contribution in [0.15, 0.2) is 36.5 Å². The van der Waals surface area contributed by atoms with Gasteiger partial charge in [-0.1, -0.05) is 18.5 Å². The van der Waals surface area contributed by atoms with E-state index >= 15 is 0 Å². The maximum Gasteiger partial charge on any atom is 0.253 e. The summed E-state index contributed by atoms with van der Waals surface area (Å²) in [5, 5.41) is 3.70. The average molecular weight is 510 g/mol. The number of hydrogen-bond acceptors (Lipinski definition) is 5. The third-order valence-electron chi connectivity index (χ3n) is 7.84. The molecule has 1 aliphatic carbocycles. The second-order valence-corrected chi connectivity index (χ2v) is 10.8. The number of benzene rings is 1. The van der Waals surface area contributed by atoms with Gasteiger partial charge in [-0.3, -0.25) is 14.5 Å². The lowest BCUT2D eigenvalue weighted by Gasteiger charge is -2.48. The van der Waals surface area contributed by atoms with E-state index in [0.29, 0.717) is 34.3 Å². The molecule has 36 heavy (non-hydrogen) atoms. The first-order chi connectivity index (χ1) is 17.4. The number of nitrogens with one attached hydrogen (secondary N) is 1. The average Bonchev–Trinajstić information content (AvgIpc) is 3.72. The summed E-state index contributed by atoms with van der Waals surface area (Å²) in [5.74, 6) is 1.06.